The van der Waals surface area contributed by atoms with Crippen LogP contribution in [0.1, 0.15) is 18.4 Å². The molecule has 0 atom stereocenters. The number of nitrogens with two attached hydrogens (primary N) is 1. The number of pyridine rings is 1. The molecule has 3 heterocycles. The highest BCUT2D eigenvalue weighted by Crippen LogP contribution is 2.29. The molecule has 0 aliphatic carbocycles. The van der Waals surface area contributed by atoms with Crippen molar-refractivity contribution in [2.75, 3.05) is 18.8 Å². The molecule has 1 fully saturated rings. The number of rotatable bonds is 2. The van der Waals surface area contributed by atoms with Gasteiger partial charge in [0.15, 0.2) is 5.65 Å². The smallest absolute Gasteiger partial charge is 0.240 e. The number of likely N-dealkylation sites (tertiary alicyclic amines) is 1. The van der Waals surface area contributed by atoms with E-state index in [-0.39, 0.29) is 0 Å². The normalized spacial score (nSPS) is 16.2. The summed E-state index contributed by atoms with van der Waals surface area (Å²) in [6.45, 7) is 8.05. The second-order valence-electron chi connectivity index (χ2n) is 4.57. The Morgan fingerprint density at radius 2 is 2.24 bits per heavy atom. The predicted octanol–water partition coefficient (Wildman–Crippen LogP) is 1.24. The monoisotopic (exact) mass is 229 g/mol. The molecule has 3 rings (SSSR count). The molecule has 17 heavy (non-hydrogen) atoms. The Labute approximate surface area is 99.6 Å². The van der Waals surface area contributed by atoms with Crippen LogP contribution in [-0.2, 0) is 0 Å². The van der Waals surface area contributed by atoms with Gasteiger partial charge in [-0.2, -0.15) is 4.98 Å². The van der Waals surface area contributed by atoms with Gasteiger partial charge >= 0.3 is 0 Å². The number of anilines is 1. The third-order valence-corrected chi connectivity index (χ3v) is 3.26. The molecule has 0 radical (unpaired) electrons. The minimum Gasteiger partial charge on any atom is -0.374 e. The van der Waals surface area contributed by atoms with E-state index in [1.165, 1.54) is 5.56 Å². The van der Waals surface area contributed by atoms with Gasteiger partial charge in [-0.15, -0.1) is 5.10 Å². The van der Waals surface area contributed by atoms with Gasteiger partial charge in [0.05, 0.1) is 0 Å². The van der Waals surface area contributed by atoms with E-state index in [9.17, 15) is 0 Å². The lowest BCUT2D eigenvalue weighted by Gasteiger charge is -2.41. The third kappa shape index (κ3) is 1.63. The van der Waals surface area contributed by atoms with Crippen LogP contribution in [0.25, 0.3) is 5.65 Å². The van der Waals surface area contributed by atoms with Crippen LogP contribution < -0.4 is 5.73 Å². The number of nitrogens with zero attached hydrogens (tertiary/aromatic N) is 4. The van der Waals surface area contributed by atoms with Gasteiger partial charge in [0.1, 0.15) is 0 Å². The predicted molar refractivity (Wildman–Crippen MR) is 66.5 cm³/mol. The molecule has 0 unspecified atom stereocenters. The van der Waals surface area contributed by atoms with Crippen molar-refractivity contribution >= 4 is 11.6 Å². The molecule has 88 valence electrons. The highest BCUT2D eigenvalue weighted by atomic mass is 15.3. The number of allylic oxidation sites excluding steroid dienone is 1. The Morgan fingerprint density at radius 3 is 2.94 bits per heavy atom. The summed E-state index contributed by atoms with van der Waals surface area (Å²) < 4.78 is 1.74. The SMILES string of the molecule is C=C(C)N1CC(c2ccc3nc(N)nn3c2)C1. The van der Waals surface area contributed by atoms with Crippen molar-refractivity contribution < 1.29 is 0 Å². The summed E-state index contributed by atoms with van der Waals surface area (Å²) in [5, 5.41) is 4.12. The highest BCUT2D eigenvalue weighted by Gasteiger charge is 2.27. The van der Waals surface area contributed by atoms with Crippen molar-refractivity contribution in [2.24, 2.45) is 0 Å². The van der Waals surface area contributed by atoms with Gasteiger partial charge in [0.25, 0.3) is 0 Å². The Balaban J connectivity index is 1.85. The van der Waals surface area contributed by atoms with E-state index >= 15 is 0 Å². The molecule has 2 N–H and O–H groups in total. The van der Waals surface area contributed by atoms with Gasteiger partial charge in [-0.3, -0.25) is 0 Å². The summed E-state index contributed by atoms with van der Waals surface area (Å²) in [7, 11) is 0. The van der Waals surface area contributed by atoms with Gasteiger partial charge in [0.2, 0.25) is 5.95 Å². The van der Waals surface area contributed by atoms with Gasteiger partial charge in [-0.05, 0) is 18.6 Å². The number of aromatic nitrogens is 3. The molecule has 0 amide bonds. The summed E-state index contributed by atoms with van der Waals surface area (Å²) >= 11 is 0. The fraction of sp³-hybridized carbons (Fsp3) is 0.333. The summed E-state index contributed by atoms with van der Waals surface area (Å²) in [6.07, 6.45) is 2.01. The van der Waals surface area contributed by atoms with E-state index in [2.05, 4.69) is 27.6 Å². The van der Waals surface area contributed by atoms with Crippen molar-refractivity contribution in [2.45, 2.75) is 12.8 Å². The van der Waals surface area contributed by atoms with E-state index < -0.39 is 0 Å². The summed E-state index contributed by atoms with van der Waals surface area (Å²) in [4.78, 5) is 6.37. The Bertz CT molecular complexity index is 580. The summed E-state index contributed by atoms with van der Waals surface area (Å²) in [5.41, 5.74) is 8.77. The minimum absolute atomic E-state index is 0.319. The zero-order chi connectivity index (χ0) is 12.0. The molecule has 0 saturated carbocycles. The van der Waals surface area contributed by atoms with Crippen LogP contribution in [0.15, 0.2) is 30.6 Å². The van der Waals surface area contributed by atoms with Crippen LogP contribution in [-0.4, -0.2) is 32.6 Å². The average Bonchev–Trinajstić information content (AvgIpc) is 2.54. The molecular weight excluding hydrogens is 214 g/mol. The van der Waals surface area contributed by atoms with Crippen molar-refractivity contribution in [1.29, 1.82) is 0 Å². The average molecular weight is 229 g/mol. The van der Waals surface area contributed by atoms with Crippen LogP contribution >= 0.6 is 0 Å². The standard InChI is InChI=1S/C12H15N5/c1-8(2)16-5-10(6-16)9-3-4-11-14-12(13)15-17(11)7-9/h3-4,7,10H,1,5-6H2,2H3,(H2,13,15). The van der Waals surface area contributed by atoms with Crippen LogP contribution in [0.3, 0.4) is 0 Å². The fourth-order valence-electron chi connectivity index (χ4n) is 2.16. The lowest BCUT2D eigenvalue weighted by atomic mass is 9.92. The van der Waals surface area contributed by atoms with E-state index in [1.807, 2.05) is 19.2 Å². The van der Waals surface area contributed by atoms with Gasteiger partial charge in [-0.1, -0.05) is 12.6 Å². The lowest BCUT2D eigenvalue weighted by molar-refractivity contribution is 0.200. The van der Waals surface area contributed by atoms with Crippen LogP contribution in [0.5, 0.6) is 0 Å². The first-order chi connectivity index (χ1) is 8.13. The fourth-order valence-corrected chi connectivity index (χ4v) is 2.16. The number of fused-ring (bicyclic) bond motifs is 1. The van der Waals surface area contributed by atoms with E-state index in [0.29, 0.717) is 11.9 Å². The topological polar surface area (TPSA) is 59.5 Å². The molecule has 0 bridgehead atoms. The molecule has 0 aromatic carbocycles. The second-order valence-corrected chi connectivity index (χ2v) is 4.57. The molecule has 2 aromatic rings. The van der Waals surface area contributed by atoms with Gasteiger partial charge in [-0.25, -0.2) is 4.52 Å². The van der Waals surface area contributed by atoms with Crippen LogP contribution in [0.2, 0.25) is 0 Å². The number of hydrogen-bond donors (Lipinski definition) is 1. The molecule has 1 saturated heterocycles. The highest BCUT2D eigenvalue weighted by molar-refractivity contribution is 5.43. The van der Waals surface area contributed by atoms with Crippen LogP contribution in [0.4, 0.5) is 5.95 Å². The summed E-state index contributed by atoms with van der Waals surface area (Å²) in [5.74, 6) is 0.876. The first kappa shape index (κ1) is 10.1. The summed E-state index contributed by atoms with van der Waals surface area (Å²) in [6, 6.07) is 4.06. The zero-order valence-electron chi connectivity index (χ0n) is 9.80. The quantitative estimate of drug-likeness (QED) is 0.841. The molecule has 0 spiro atoms. The van der Waals surface area contributed by atoms with Crippen molar-refractivity contribution in [1.82, 2.24) is 19.5 Å². The molecular formula is C12H15N5. The first-order valence-corrected chi connectivity index (χ1v) is 5.66. The van der Waals surface area contributed by atoms with Crippen molar-refractivity contribution in [3.63, 3.8) is 0 Å². The maximum atomic E-state index is 5.56. The maximum Gasteiger partial charge on any atom is 0.240 e. The Kier molecular flexibility index (Phi) is 2.07. The third-order valence-electron chi connectivity index (χ3n) is 3.26. The number of nitrogen functional groups attached to an aromatic ring is 1. The largest absolute Gasteiger partial charge is 0.374 e. The zero-order valence-corrected chi connectivity index (χ0v) is 9.80. The van der Waals surface area contributed by atoms with Crippen molar-refractivity contribution in [3.05, 3.63) is 36.2 Å². The van der Waals surface area contributed by atoms with E-state index in [1.54, 1.807) is 4.52 Å². The second kappa shape index (κ2) is 3.48. The molecule has 1 aliphatic rings. The first-order valence-electron chi connectivity index (χ1n) is 5.66. The van der Waals surface area contributed by atoms with Crippen LogP contribution in [0, 0.1) is 0 Å². The number of hydrogen-bond acceptors (Lipinski definition) is 4. The minimum atomic E-state index is 0.319. The Morgan fingerprint density at radius 1 is 1.47 bits per heavy atom. The molecule has 1 aliphatic heterocycles. The van der Waals surface area contributed by atoms with Gasteiger partial charge in [0, 0.05) is 30.9 Å². The van der Waals surface area contributed by atoms with E-state index in [0.717, 1.165) is 24.4 Å². The maximum absolute atomic E-state index is 5.56. The van der Waals surface area contributed by atoms with Gasteiger partial charge < -0.3 is 10.6 Å². The van der Waals surface area contributed by atoms with Crippen molar-refractivity contribution in [3.8, 4) is 0 Å². The lowest BCUT2D eigenvalue weighted by Crippen LogP contribution is -2.43. The molecule has 2 aromatic heterocycles. The van der Waals surface area contributed by atoms with E-state index in [4.69, 9.17) is 5.73 Å². The molecule has 5 nitrogen and oxygen atoms in total. The molecule has 5 heteroatoms. The Hall–Kier alpha value is -2.04.